The van der Waals surface area contributed by atoms with E-state index in [-0.39, 0.29) is 23.8 Å². The van der Waals surface area contributed by atoms with Gasteiger partial charge in [-0.3, -0.25) is 9.69 Å². The van der Waals surface area contributed by atoms with E-state index in [9.17, 15) is 26.4 Å². The van der Waals surface area contributed by atoms with Gasteiger partial charge in [0.25, 0.3) is 0 Å². The molecule has 1 amide bonds. The Morgan fingerprint density at radius 3 is 2.10 bits per heavy atom. The van der Waals surface area contributed by atoms with Gasteiger partial charge in [-0.1, -0.05) is 0 Å². The van der Waals surface area contributed by atoms with Gasteiger partial charge >= 0.3 is 12.1 Å². The fraction of sp³-hybridized carbons (Fsp3) is 0.667. The molecular weight excluding hydrogens is 543 g/mol. The highest BCUT2D eigenvalue weighted by Gasteiger charge is 2.38. The summed E-state index contributed by atoms with van der Waals surface area (Å²) in [5.41, 5.74) is 0. The number of alkyl halides is 3. The summed E-state index contributed by atoms with van der Waals surface area (Å²) in [6, 6.07) is 6.53. The molecule has 0 aromatic heterocycles. The Hall–Kier alpha value is -2.46. The molecule has 15 heteroatoms. The molecule has 39 heavy (non-hydrogen) atoms. The number of benzene rings is 1. The highest BCUT2D eigenvalue weighted by Crippen LogP contribution is 2.20. The van der Waals surface area contributed by atoms with Crippen LogP contribution in [0.3, 0.4) is 0 Å². The molecule has 2 aliphatic rings. The van der Waals surface area contributed by atoms with Gasteiger partial charge in [-0.15, -0.1) is 0 Å². The van der Waals surface area contributed by atoms with Crippen molar-refractivity contribution >= 4 is 21.9 Å². The van der Waals surface area contributed by atoms with Crippen LogP contribution in [0.4, 0.5) is 13.2 Å². The monoisotopic (exact) mass is 581 g/mol. The lowest BCUT2D eigenvalue weighted by molar-refractivity contribution is -0.192. The number of carboxylic acid groups (broad SMARTS) is 1. The maximum absolute atomic E-state index is 13.4. The molecule has 1 aromatic carbocycles. The van der Waals surface area contributed by atoms with Gasteiger partial charge < -0.3 is 25.0 Å². The van der Waals surface area contributed by atoms with E-state index in [0.717, 1.165) is 39.3 Å². The van der Waals surface area contributed by atoms with Gasteiger partial charge in [-0.25, -0.2) is 13.2 Å². The number of hydrogen-bond acceptors (Lipinski definition) is 8. The highest BCUT2D eigenvalue weighted by atomic mass is 32.2. The average Bonchev–Trinajstić information content (AvgIpc) is 2.90. The SMILES string of the molecule is CCOc1ccc(S(=O)(=O)N(CCC(=O)N2CCNCC2)CCN2CCN(C)CC2)cc1.O=C(O)C(F)(F)F. The zero-order chi connectivity index (χ0) is 29.1. The molecule has 2 N–H and O–H groups in total. The summed E-state index contributed by atoms with van der Waals surface area (Å²) in [6.07, 6.45) is -4.89. The number of nitrogens with zero attached hydrogens (tertiary/aromatic N) is 4. The van der Waals surface area contributed by atoms with Crippen LogP contribution in [-0.2, 0) is 19.6 Å². The van der Waals surface area contributed by atoms with Crippen molar-refractivity contribution in [1.29, 1.82) is 0 Å². The molecule has 2 heterocycles. The summed E-state index contributed by atoms with van der Waals surface area (Å²) in [5.74, 6) is -2.10. The van der Waals surface area contributed by atoms with Crippen molar-refractivity contribution in [3.05, 3.63) is 24.3 Å². The number of carbonyl (C=O) groups is 2. The number of aliphatic carboxylic acids is 1. The van der Waals surface area contributed by atoms with Crippen LogP contribution in [0.1, 0.15) is 13.3 Å². The number of likely N-dealkylation sites (N-methyl/N-ethyl adjacent to an activating group) is 1. The summed E-state index contributed by atoms with van der Waals surface area (Å²) < 4.78 is 65.5. The molecular formula is C24H38F3N5O6S. The van der Waals surface area contributed by atoms with E-state index in [1.807, 2.05) is 11.8 Å². The summed E-state index contributed by atoms with van der Waals surface area (Å²) in [6.45, 7) is 10.3. The van der Waals surface area contributed by atoms with Crippen LogP contribution in [0.2, 0.25) is 0 Å². The van der Waals surface area contributed by atoms with Crippen LogP contribution in [0.15, 0.2) is 29.2 Å². The van der Waals surface area contributed by atoms with E-state index >= 15 is 0 Å². The minimum Gasteiger partial charge on any atom is -0.494 e. The predicted octanol–water partition coefficient (Wildman–Crippen LogP) is 0.779. The Bertz CT molecular complexity index is 1010. The van der Waals surface area contributed by atoms with E-state index in [0.29, 0.717) is 38.5 Å². The fourth-order valence-corrected chi connectivity index (χ4v) is 5.42. The van der Waals surface area contributed by atoms with E-state index in [1.54, 1.807) is 24.3 Å². The van der Waals surface area contributed by atoms with Gasteiger partial charge in [-0.2, -0.15) is 17.5 Å². The highest BCUT2D eigenvalue weighted by molar-refractivity contribution is 7.89. The lowest BCUT2D eigenvalue weighted by atomic mass is 10.3. The van der Waals surface area contributed by atoms with Crippen molar-refractivity contribution in [2.75, 3.05) is 85.6 Å². The first-order valence-electron chi connectivity index (χ1n) is 12.8. The van der Waals surface area contributed by atoms with Crippen molar-refractivity contribution in [2.45, 2.75) is 24.4 Å². The standard InChI is InChI=1S/C22H37N5O4S.C2HF3O2/c1-3-31-20-4-6-21(7-5-20)32(29,30)27(19-18-25-16-14-24(2)15-17-25)11-8-22(28)26-12-9-23-10-13-26;3-2(4,5)1(6)7/h4-7,23H,3,8-19H2,1-2H3;(H,6,7). The second-order valence-corrected chi connectivity index (χ2v) is 11.1. The second kappa shape index (κ2) is 15.4. The summed E-state index contributed by atoms with van der Waals surface area (Å²) >= 11 is 0. The minimum atomic E-state index is -5.08. The molecule has 1 aromatic rings. The van der Waals surface area contributed by atoms with Crippen LogP contribution in [0, 0.1) is 0 Å². The number of hydrogen-bond donors (Lipinski definition) is 2. The number of rotatable bonds is 10. The van der Waals surface area contributed by atoms with E-state index in [2.05, 4.69) is 22.2 Å². The first kappa shape index (κ1) is 32.8. The third-order valence-electron chi connectivity index (χ3n) is 6.32. The largest absolute Gasteiger partial charge is 0.494 e. The number of amides is 1. The summed E-state index contributed by atoms with van der Waals surface area (Å²) in [4.78, 5) is 28.2. The van der Waals surface area contributed by atoms with Gasteiger partial charge in [0, 0.05) is 78.4 Å². The number of halogens is 3. The average molecular weight is 582 g/mol. The lowest BCUT2D eigenvalue weighted by Gasteiger charge is -2.34. The number of piperazine rings is 2. The van der Waals surface area contributed by atoms with E-state index in [1.165, 1.54) is 4.31 Å². The van der Waals surface area contributed by atoms with Gasteiger partial charge in [-0.05, 0) is 38.2 Å². The molecule has 11 nitrogen and oxygen atoms in total. The zero-order valence-corrected chi connectivity index (χ0v) is 23.1. The van der Waals surface area contributed by atoms with Gasteiger partial charge in [0.15, 0.2) is 0 Å². The molecule has 0 bridgehead atoms. The van der Waals surface area contributed by atoms with Crippen molar-refractivity contribution < 1.29 is 41.0 Å². The zero-order valence-electron chi connectivity index (χ0n) is 22.3. The maximum Gasteiger partial charge on any atom is 0.490 e. The predicted molar refractivity (Wildman–Crippen MR) is 138 cm³/mol. The first-order chi connectivity index (χ1) is 18.3. The Morgan fingerprint density at radius 1 is 1.03 bits per heavy atom. The Labute approximate surface area is 227 Å². The molecule has 2 aliphatic heterocycles. The molecule has 0 spiro atoms. The van der Waals surface area contributed by atoms with Crippen molar-refractivity contribution in [2.24, 2.45) is 0 Å². The molecule has 0 saturated carbocycles. The number of carboxylic acids is 1. The molecule has 0 unspecified atom stereocenters. The summed E-state index contributed by atoms with van der Waals surface area (Å²) in [5, 5.41) is 10.4. The topological polar surface area (TPSA) is 123 Å². The van der Waals surface area contributed by atoms with Crippen LogP contribution >= 0.6 is 0 Å². The van der Waals surface area contributed by atoms with Crippen LogP contribution in [-0.4, -0.2) is 136 Å². The Kier molecular flexibility index (Phi) is 12.9. The normalized spacial score (nSPS) is 17.4. The first-order valence-corrected chi connectivity index (χ1v) is 14.2. The molecule has 3 rings (SSSR count). The van der Waals surface area contributed by atoms with E-state index in [4.69, 9.17) is 14.6 Å². The Morgan fingerprint density at radius 2 is 1.59 bits per heavy atom. The van der Waals surface area contributed by atoms with Gasteiger partial charge in [0.05, 0.1) is 11.5 Å². The van der Waals surface area contributed by atoms with Crippen LogP contribution in [0.5, 0.6) is 5.75 Å². The number of sulfonamides is 1. The number of carbonyl (C=O) groups excluding carboxylic acids is 1. The molecule has 0 atom stereocenters. The fourth-order valence-electron chi connectivity index (χ4n) is 3.99. The molecule has 2 saturated heterocycles. The van der Waals surface area contributed by atoms with Crippen molar-refractivity contribution in [3.63, 3.8) is 0 Å². The van der Waals surface area contributed by atoms with Crippen molar-refractivity contribution in [1.82, 2.24) is 24.3 Å². The third kappa shape index (κ3) is 10.9. The smallest absolute Gasteiger partial charge is 0.490 e. The number of nitrogens with one attached hydrogen (secondary N) is 1. The quantitative estimate of drug-likeness (QED) is 0.413. The molecule has 0 radical (unpaired) electrons. The number of ether oxygens (including phenoxy) is 1. The molecule has 0 aliphatic carbocycles. The third-order valence-corrected chi connectivity index (χ3v) is 8.23. The Balaban J connectivity index is 0.000000673. The molecule has 2 fully saturated rings. The minimum absolute atomic E-state index is 0.0120. The van der Waals surface area contributed by atoms with Gasteiger partial charge in [0.1, 0.15) is 5.75 Å². The maximum atomic E-state index is 13.4. The summed E-state index contributed by atoms with van der Waals surface area (Å²) in [7, 11) is -1.61. The molecule has 222 valence electrons. The van der Waals surface area contributed by atoms with Gasteiger partial charge in [0.2, 0.25) is 15.9 Å². The van der Waals surface area contributed by atoms with Crippen LogP contribution < -0.4 is 10.1 Å². The lowest BCUT2D eigenvalue weighted by Crippen LogP contribution is -2.49. The second-order valence-electron chi connectivity index (χ2n) is 9.14. The van der Waals surface area contributed by atoms with Crippen LogP contribution in [0.25, 0.3) is 0 Å². The van der Waals surface area contributed by atoms with Crippen molar-refractivity contribution in [3.8, 4) is 5.75 Å². The van der Waals surface area contributed by atoms with E-state index < -0.39 is 22.2 Å².